The van der Waals surface area contributed by atoms with Crippen molar-refractivity contribution >= 4 is 29.2 Å². The van der Waals surface area contributed by atoms with Crippen LogP contribution in [0, 0.1) is 5.92 Å². The van der Waals surface area contributed by atoms with Crippen LogP contribution < -0.4 is 16.6 Å². The van der Waals surface area contributed by atoms with Crippen LogP contribution in [-0.4, -0.2) is 32.7 Å². The minimum atomic E-state index is -0.644. The zero-order valence-electron chi connectivity index (χ0n) is 13.0. The Labute approximate surface area is 132 Å². The lowest BCUT2D eigenvalue weighted by atomic mass is 9.89. The Kier molecular flexibility index (Phi) is 4.18. The summed E-state index contributed by atoms with van der Waals surface area (Å²) < 4.78 is 6.36. The van der Waals surface area contributed by atoms with Gasteiger partial charge < -0.3 is 10.5 Å². The second-order valence-electron chi connectivity index (χ2n) is 5.79. The average Bonchev–Trinajstić information content (AvgIpc) is 2.86. The molecule has 1 saturated carbocycles. The number of rotatable bonds is 3. The van der Waals surface area contributed by atoms with Gasteiger partial charge in [-0.3, -0.25) is 19.7 Å². The lowest BCUT2D eigenvalue weighted by molar-refractivity contribution is 0.186. The Balaban J connectivity index is 2.04. The highest BCUT2D eigenvalue weighted by molar-refractivity contribution is 5.85. The summed E-state index contributed by atoms with van der Waals surface area (Å²) >= 11 is 0. The highest BCUT2D eigenvalue weighted by atomic mass is 16.5. The topological polar surface area (TPSA) is 128 Å². The highest BCUT2D eigenvalue weighted by Crippen LogP contribution is 2.27. The molecule has 0 saturated heterocycles. The maximum atomic E-state index is 12.0. The second kappa shape index (κ2) is 6.27. The fourth-order valence-corrected chi connectivity index (χ4v) is 3.07. The predicted octanol–water partition coefficient (Wildman–Crippen LogP) is 1.46. The van der Waals surface area contributed by atoms with E-state index in [-0.39, 0.29) is 17.4 Å². The van der Waals surface area contributed by atoms with Crippen molar-refractivity contribution in [1.29, 1.82) is 0 Å². The number of nitrogens with two attached hydrogens (primary N) is 1. The molecule has 3 rings (SSSR count). The van der Waals surface area contributed by atoms with Crippen LogP contribution in [0.1, 0.15) is 32.1 Å². The van der Waals surface area contributed by atoms with Crippen LogP contribution in [0.3, 0.4) is 0 Å². The Hall–Kier alpha value is -2.58. The van der Waals surface area contributed by atoms with Gasteiger partial charge in [-0.1, -0.05) is 19.3 Å². The maximum absolute atomic E-state index is 12.0. The first-order valence-electron chi connectivity index (χ1n) is 7.69. The normalized spacial score (nSPS) is 15.7. The van der Waals surface area contributed by atoms with Crippen LogP contribution >= 0.6 is 0 Å². The molecule has 1 amide bonds. The van der Waals surface area contributed by atoms with Gasteiger partial charge in [-0.25, -0.2) is 9.78 Å². The maximum Gasteiger partial charge on any atom is 0.413 e. The number of imidazole rings is 1. The summed E-state index contributed by atoms with van der Waals surface area (Å²) in [6, 6.07) is 0. The molecule has 0 bridgehead atoms. The minimum Gasteiger partial charge on any atom is -0.453 e. The molecule has 0 unspecified atom stereocenters. The van der Waals surface area contributed by atoms with Crippen molar-refractivity contribution in [3.63, 3.8) is 0 Å². The number of ether oxygens (including phenoxy) is 1. The second-order valence-corrected chi connectivity index (χ2v) is 5.79. The molecular weight excluding hydrogens is 300 g/mol. The molecule has 2 aromatic heterocycles. The first-order valence-corrected chi connectivity index (χ1v) is 7.69. The van der Waals surface area contributed by atoms with E-state index in [0.29, 0.717) is 18.1 Å². The Morgan fingerprint density at radius 3 is 2.83 bits per heavy atom. The zero-order chi connectivity index (χ0) is 16.4. The third-order valence-electron chi connectivity index (χ3n) is 4.19. The number of hydrogen-bond donors (Lipinski definition) is 3. The number of nitrogens with one attached hydrogen (secondary N) is 2. The number of anilines is 2. The summed E-state index contributed by atoms with van der Waals surface area (Å²) in [4.78, 5) is 34.4. The third-order valence-corrected chi connectivity index (χ3v) is 4.19. The monoisotopic (exact) mass is 320 g/mol. The summed E-state index contributed by atoms with van der Waals surface area (Å²) in [5.41, 5.74) is 5.75. The number of aromatic amines is 1. The quantitative estimate of drug-likeness (QED) is 0.785. The molecule has 0 aliphatic heterocycles. The first kappa shape index (κ1) is 15.3. The number of nitrogens with zero attached hydrogens (tertiary/aromatic N) is 3. The van der Waals surface area contributed by atoms with Gasteiger partial charge in [0.25, 0.3) is 5.56 Å². The number of methoxy groups -OCH3 is 1. The Morgan fingerprint density at radius 1 is 1.39 bits per heavy atom. The van der Waals surface area contributed by atoms with E-state index in [4.69, 9.17) is 5.73 Å². The van der Waals surface area contributed by atoms with E-state index in [2.05, 4.69) is 25.0 Å². The lowest BCUT2D eigenvalue weighted by Gasteiger charge is -2.22. The van der Waals surface area contributed by atoms with Crippen molar-refractivity contribution in [3.8, 4) is 0 Å². The first-order chi connectivity index (χ1) is 11.1. The van der Waals surface area contributed by atoms with Crippen LogP contribution in [-0.2, 0) is 11.3 Å². The SMILES string of the molecule is COC(=O)Nc1nc2c(=O)[nH]c(N)nc2n1CC1CCCCC1. The van der Waals surface area contributed by atoms with Crippen LogP contribution in [0.5, 0.6) is 0 Å². The molecule has 1 aliphatic carbocycles. The Bertz CT molecular complexity index is 775. The molecule has 1 aliphatic rings. The van der Waals surface area contributed by atoms with Gasteiger partial charge in [0.2, 0.25) is 11.9 Å². The Morgan fingerprint density at radius 2 is 2.13 bits per heavy atom. The van der Waals surface area contributed by atoms with Crippen molar-refractivity contribution in [1.82, 2.24) is 19.5 Å². The van der Waals surface area contributed by atoms with E-state index >= 15 is 0 Å². The molecule has 124 valence electrons. The molecule has 0 spiro atoms. The number of amides is 1. The van der Waals surface area contributed by atoms with Crippen LogP contribution in [0.15, 0.2) is 4.79 Å². The number of H-pyrrole nitrogens is 1. The molecular formula is C14H20N6O3. The van der Waals surface area contributed by atoms with Crippen LogP contribution in [0.4, 0.5) is 16.7 Å². The molecule has 4 N–H and O–H groups in total. The molecule has 0 aromatic carbocycles. The lowest BCUT2D eigenvalue weighted by Crippen LogP contribution is -2.20. The number of carbonyl (C=O) groups is 1. The van der Waals surface area contributed by atoms with Crippen molar-refractivity contribution in [2.75, 3.05) is 18.2 Å². The van der Waals surface area contributed by atoms with E-state index in [1.165, 1.54) is 26.4 Å². The molecule has 2 heterocycles. The third kappa shape index (κ3) is 3.13. The number of fused-ring (bicyclic) bond motifs is 1. The van der Waals surface area contributed by atoms with Gasteiger partial charge in [0.15, 0.2) is 11.2 Å². The van der Waals surface area contributed by atoms with Crippen LogP contribution in [0.25, 0.3) is 11.2 Å². The zero-order valence-corrected chi connectivity index (χ0v) is 13.0. The van der Waals surface area contributed by atoms with Crippen LogP contribution in [0.2, 0.25) is 0 Å². The molecule has 9 heteroatoms. The minimum absolute atomic E-state index is 0.0249. The number of carbonyl (C=O) groups excluding carboxylic acids is 1. The fourth-order valence-electron chi connectivity index (χ4n) is 3.07. The summed E-state index contributed by atoms with van der Waals surface area (Å²) in [7, 11) is 1.27. The molecule has 1 fully saturated rings. The van der Waals surface area contributed by atoms with Gasteiger partial charge in [0.1, 0.15) is 0 Å². The largest absolute Gasteiger partial charge is 0.453 e. The van der Waals surface area contributed by atoms with Gasteiger partial charge in [-0.05, 0) is 18.8 Å². The van der Waals surface area contributed by atoms with E-state index in [1.807, 2.05) is 0 Å². The van der Waals surface area contributed by atoms with Gasteiger partial charge in [-0.15, -0.1) is 0 Å². The van der Waals surface area contributed by atoms with Gasteiger partial charge >= 0.3 is 6.09 Å². The van der Waals surface area contributed by atoms with Gasteiger partial charge in [-0.2, -0.15) is 4.98 Å². The van der Waals surface area contributed by atoms with E-state index < -0.39 is 11.7 Å². The van der Waals surface area contributed by atoms with E-state index in [0.717, 1.165) is 12.8 Å². The predicted molar refractivity (Wildman–Crippen MR) is 85.2 cm³/mol. The standard InChI is InChI=1S/C14H20N6O3/c1-23-14(22)19-13-16-9-10(17-12(15)18-11(9)21)20(13)7-8-5-3-2-4-6-8/h8H,2-7H2,1H3,(H,16,19,22)(H3,15,17,18,21). The molecule has 23 heavy (non-hydrogen) atoms. The smallest absolute Gasteiger partial charge is 0.413 e. The van der Waals surface area contributed by atoms with Gasteiger partial charge in [0, 0.05) is 6.54 Å². The fraction of sp³-hybridized carbons (Fsp3) is 0.571. The summed E-state index contributed by atoms with van der Waals surface area (Å²) in [5.74, 6) is 0.736. The highest BCUT2D eigenvalue weighted by Gasteiger charge is 2.21. The number of nitrogen functional groups attached to an aromatic ring is 1. The van der Waals surface area contributed by atoms with E-state index in [1.54, 1.807) is 4.57 Å². The van der Waals surface area contributed by atoms with Crippen molar-refractivity contribution < 1.29 is 9.53 Å². The molecule has 0 atom stereocenters. The molecule has 9 nitrogen and oxygen atoms in total. The van der Waals surface area contributed by atoms with Crippen molar-refractivity contribution in [2.24, 2.45) is 5.92 Å². The summed E-state index contributed by atoms with van der Waals surface area (Å²) in [6.07, 6.45) is 5.20. The molecule has 0 radical (unpaired) electrons. The average molecular weight is 320 g/mol. The number of hydrogen-bond acceptors (Lipinski definition) is 6. The van der Waals surface area contributed by atoms with Crippen molar-refractivity contribution in [2.45, 2.75) is 38.6 Å². The summed E-state index contributed by atoms with van der Waals surface area (Å²) in [5, 5.41) is 2.54. The number of aromatic nitrogens is 4. The van der Waals surface area contributed by atoms with E-state index in [9.17, 15) is 9.59 Å². The summed E-state index contributed by atoms with van der Waals surface area (Å²) in [6.45, 7) is 0.631. The molecule has 2 aromatic rings. The van der Waals surface area contributed by atoms with Gasteiger partial charge in [0.05, 0.1) is 7.11 Å². The van der Waals surface area contributed by atoms with Crippen molar-refractivity contribution in [3.05, 3.63) is 10.4 Å².